The zero-order chi connectivity index (χ0) is 46.5. The molecule has 20 heteroatoms. The van der Waals surface area contributed by atoms with Crippen LogP contribution >= 0.6 is 0 Å². The smallest absolute Gasteiger partial charge is 0.280 e. The predicted octanol–water partition coefficient (Wildman–Crippen LogP) is 1.92. The highest BCUT2D eigenvalue weighted by atomic mass is 16.7. The third kappa shape index (κ3) is 12.5. The number of para-hydroxylation sites is 1. The fraction of sp³-hybridized carbons (Fsp3) is 0.467. The van der Waals surface area contributed by atoms with Crippen LogP contribution in [0.3, 0.4) is 0 Å². The zero-order valence-electron chi connectivity index (χ0n) is 36.1. The molecule has 2 saturated heterocycles. The first-order chi connectivity index (χ1) is 31.4. The number of pyridine rings is 1. The minimum atomic E-state index is -1.47. The number of rotatable bonds is 22. The van der Waals surface area contributed by atoms with Gasteiger partial charge in [-0.25, -0.2) is 4.98 Å². The normalized spacial score (nSPS) is 21.1. The fourth-order valence-corrected chi connectivity index (χ4v) is 8.18. The third-order valence-corrected chi connectivity index (χ3v) is 11.4. The van der Waals surface area contributed by atoms with Gasteiger partial charge in [0, 0.05) is 44.4 Å². The van der Waals surface area contributed by atoms with Crippen molar-refractivity contribution in [3.05, 3.63) is 88.5 Å². The Morgan fingerprint density at radius 3 is 2.46 bits per heavy atom. The number of nitrogens with two attached hydrogens (primary N) is 1. The molecule has 7 unspecified atom stereocenters. The van der Waals surface area contributed by atoms with Crippen molar-refractivity contribution in [3.8, 4) is 0 Å². The number of aliphatic hydroxyl groups is 2. The molecule has 0 radical (unpaired) electrons. The maximum absolute atomic E-state index is 13.6. The fourth-order valence-electron chi connectivity index (χ4n) is 8.18. The minimum absolute atomic E-state index is 0.0349. The van der Waals surface area contributed by atoms with Crippen LogP contribution in [0.2, 0.25) is 0 Å². The molecule has 20 nitrogen and oxygen atoms in total. The number of hydrogen-bond donors (Lipinski definition) is 7. The van der Waals surface area contributed by atoms with Crippen LogP contribution in [0, 0.1) is 10.1 Å². The van der Waals surface area contributed by atoms with E-state index in [9.17, 15) is 44.3 Å². The summed E-state index contributed by atoms with van der Waals surface area (Å²) >= 11 is 0. The quantitative estimate of drug-likeness (QED) is 0.0257. The van der Waals surface area contributed by atoms with Crippen molar-refractivity contribution in [3.63, 3.8) is 0 Å². The number of carbonyl (C=O) groups excluding carboxylic acids is 5. The van der Waals surface area contributed by atoms with E-state index in [0.29, 0.717) is 54.5 Å². The predicted molar refractivity (Wildman–Crippen MR) is 237 cm³/mol. The summed E-state index contributed by atoms with van der Waals surface area (Å²) in [5.74, 6) is -2.90. The average Bonchev–Trinajstić information content (AvgIpc) is 3.80. The first kappa shape index (κ1) is 48.1. The van der Waals surface area contributed by atoms with Gasteiger partial charge in [-0.2, -0.15) is 0 Å². The van der Waals surface area contributed by atoms with Gasteiger partial charge in [0.15, 0.2) is 6.29 Å². The van der Waals surface area contributed by atoms with Crippen LogP contribution in [0.25, 0.3) is 21.8 Å². The molecule has 0 aliphatic carbocycles. The highest BCUT2D eigenvalue weighted by Gasteiger charge is 2.47. The van der Waals surface area contributed by atoms with Crippen LogP contribution in [0.1, 0.15) is 57.4 Å². The van der Waals surface area contributed by atoms with E-state index >= 15 is 0 Å². The first-order valence-corrected chi connectivity index (χ1v) is 21.7. The summed E-state index contributed by atoms with van der Waals surface area (Å²) in [6.45, 7) is 1.21. The molecule has 2 fully saturated rings. The Labute approximate surface area is 374 Å². The van der Waals surface area contributed by atoms with Crippen LogP contribution in [0.5, 0.6) is 0 Å². The molecule has 6 rings (SSSR count). The number of aliphatic hydroxyl groups excluding tert-OH is 2. The largest absolute Gasteiger partial charge is 0.394 e. The molecule has 0 saturated carbocycles. The molecule has 0 spiro atoms. The summed E-state index contributed by atoms with van der Waals surface area (Å²) in [6.07, 6.45) is -2.39. The molecule has 0 bridgehead atoms. The molecular formula is C45H56N8O12. The number of non-ortho nitro benzene ring substituents is 1. The van der Waals surface area contributed by atoms with Gasteiger partial charge >= 0.3 is 0 Å². The van der Waals surface area contributed by atoms with Gasteiger partial charge in [-0.1, -0.05) is 54.6 Å². The molecule has 1 aromatic heterocycles. The number of primary amides is 1. The van der Waals surface area contributed by atoms with Gasteiger partial charge in [0.2, 0.25) is 29.5 Å². The van der Waals surface area contributed by atoms with Crippen LogP contribution in [0.4, 0.5) is 11.4 Å². The van der Waals surface area contributed by atoms with Crippen LogP contribution in [0.15, 0.2) is 72.8 Å². The lowest BCUT2D eigenvalue weighted by molar-refractivity contribution is -0.383. The number of nitro benzene ring substituents is 1. The van der Waals surface area contributed by atoms with E-state index in [4.69, 9.17) is 19.9 Å². The van der Waals surface area contributed by atoms with Crippen molar-refractivity contribution in [1.82, 2.24) is 25.8 Å². The van der Waals surface area contributed by atoms with Crippen molar-refractivity contribution >= 4 is 62.7 Å². The number of nitro groups is 1. The Bertz CT molecular complexity index is 2320. The van der Waals surface area contributed by atoms with Crippen molar-refractivity contribution < 1.29 is 53.3 Å². The molecule has 4 aromatic rings. The van der Waals surface area contributed by atoms with Crippen molar-refractivity contribution in [2.24, 2.45) is 5.73 Å². The lowest BCUT2D eigenvalue weighted by Gasteiger charge is -2.44. The molecule has 7 atom stereocenters. The van der Waals surface area contributed by atoms with Crippen molar-refractivity contribution in [2.45, 2.75) is 101 Å². The summed E-state index contributed by atoms with van der Waals surface area (Å²) < 4.78 is 17.7. The second kappa shape index (κ2) is 23.0. The summed E-state index contributed by atoms with van der Waals surface area (Å²) in [5, 5.41) is 45.6. The van der Waals surface area contributed by atoms with Gasteiger partial charge in [0.1, 0.15) is 48.4 Å². The van der Waals surface area contributed by atoms with E-state index in [1.807, 2.05) is 54.6 Å². The second-order valence-electron chi connectivity index (χ2n) is 16.0. The summed E-state index contributed by atoms with van der Waals surface area (Å²) in [4.78, 5) is 81.8. The van der Waals surface area contributed by atoms with Crippen LogP contribution in [-0.2, 0) is 44.8 Å². The number of unbranched alkanes of at least 4 members (excludes halogenated alkanes) is 2. The van der Waals surface area contributed by atoms with Gasteiger partial charge < -0.3 is 56.3 Å². The van der Waals surface area contributed by atoms with Gasteiger partial charge in [0.05, 0.1) is 34.9 Å². The summed E-state index contributed by atoms with van der Waals surface area (Å²) in [7, 11) is 0. The number of anilines is 1. The lowest BCUT2D eigenvalue weighted by atomic mass is 9.96. The summed E-state index contributed by atoms with van der Waals surface area (Å²) in [5.41, 5.74) is 8.26. The van der Waals surface area contributed by atoms with Crippen LogP contribution in [-0.4, -0.2) is 130 Å². The topological polar surface area (TPSA) is 287 Å². The number of likely N-dealkylation sites (tertiary alicyclic amines) is 1. The maximum Gasteiger partial charge on any atom is 0.280 e. The minimum Gasteiger partial charge on any atom is -0.394 e. The Hall–Kier alpha value is -6.32. The molecule has 348 valence electrons. The molecule has 3 heterocycles. The molecule has 5 amide bonds. The van der Waals surface area contributed by atoms with E-state index in [1.165, 1.54) is 17.9 Å². The number of hydrogen-bond acceptors (Lipinski definition) is 14. The monoisotopic (exact) mass is 900 g/mol. The van der Waals surface area contributed by atoms with Gasteiger partial charge in [-0.3, -0.25) is 34.1 Å². The maximum atomic E-state index is 13.6. The highest BCUT2D eigenvalue weighted by Crippen LogP contribution is 2.36. The second-order valence-corrected chi connectivity index (χ2v) is 16.0. The summed E-state index contributed by atoms with van der Waals surface area (Å²) in [6, 6.07) is 18.1. The lowest BCUT2D eigenvalue weighted by Crippen LogP contribution is -2.65. The van der Waals surface area contributed by atoms with Gasteiger partial charge in [-0.15, -0.1) is 0 Å². The Balaban J connectivity index is 0.948. The first-order valence-electron chi connectivity index (χ1n) is 21.7. The number of fused-ring (bicyclic) bond motifs is 2. The van der Waals surface area contributed by atoms with E-state index in [1.54, 1.807) is 12.1 Å². The number of ether oxygens (including phenoxy) is 3. The number of aromatic nitrogens is 1. The molecular weight excluding hydrogens is 845 g/mol. The average molecular weight is 901 g/mol. The number of carbonyl (C=O) groups is 5. The number of nitrogens with zero attached hydrogens (tertiary/aromatic N) is 3. The third-order valence-electron chi connectivity index (χ3n) is 11.4. The number of nitrogens with one attached hydrogen (secondary N) is 4. The van der Waals surface area contributed by atoms with E-state index in [0.717, 1.165) is 17.4 Å². The van der Waals surface area contributed by atoms with E-state index < -0.39 is 84.5 Å². The molecule has 2 aliphatic heterocycles. The van der Waals surface area contributed by atoms with Crippen LogP contribution < -0.4 is 27.0 Å². The Morgan fingerprint density at radius 2 is 1.72 bits per heavy atom. The standard InChI is InChI=1S/C45H56N8O12/c1-27(55)49-40-42(41(58)35(24-54)65-45(40)64-25-28-12-4-2-5-13-28)63-26-37(57)52-23-11-18-34(52)44(60)51-32(43(46)59)19-20-36(56)47-21-8-3-9-22-48-39-29-14-6-7-15-30(29)50-31-16-10-17-33(38(31)39)53(61)62/h2,4-7,10,12-17,32,34-35,40-42,45,54,58H,3,8-9,11,18-26H2,1H3,(H2,46,59)(H,47,56)(H,48,50)(H,49,55)(H,51,60). The molecule has 3 aromatic carbocycles. The zero-order valence-corrected chi connectivity index (χ0v) is 36.1. The number of amides is 5. The number of benzene rings is 3. The molecule has 2 aliphatic rings. The van der Waals surface area contributed by atoms with Gasteiger partial charge in [-0.05, 0) is 56.2 Å². The van der Waals surface area contributed by atoms with Crippen molar-refractivity contribution in [1.29, 1.82) is 0 Å². The Kier molecular flexibility index (Phi) is 17.1. The van der Waals surface area contributed by atoms with E-state index in [2.05, 4.69) is 26.3 Å². The van der Waals surface area contributed by atoms with Gasteiger partial charge in [0.25, 0.3) is 5.69 Å². The molecule has 65 heavy (non-hydrogen) atoms. The SMILES string of the molecule is CC(=O)NC1C(OCc2ccccc2)OC(CO)C(O)C1OCC(=O)N1CCCC1C(=O)NC(CCC(=O)NCCCCCNc1c2ccccc2nc2cccc([N+](=O)[O-])c12)C(N)=O. The Morgan fingerprint density at radius 1 is 0.985 bits per heavy atom. The molecule has 8 N–H and O–H groups in total. The van der Waals surface area contributed by atoms with Crippen molar-refractivity contribution in [2.75, 3.05) is 38.2 Å². The highest BCUT2D eigenvalue weighted by molar-refractivity contribution is 6.11. The van der Waals surface area contributed by atoms with E-state index in [-0.39, 0.29) is 44.0 Å².